The van der Waals surface area contributed by atoms with Crippen LogP contribution in [0.25, 0.3) is 0 Å². The second-order valence-corrected chi connectivity index (χ2v) is 4.70. The van der Waals surface area contributed by atoms with Crippen molar-refractivity contribution in [2.45, 2.75) is 25.2 Å². The topological polar surface area (TPSA) is 66.3 Å². The van der Waals surface area contributed by atoms with Crippen molar-refractivity contribution in [3.63, 3.8) is 0 Å². The molecule has 2 unspecified atom stereocenters. The minimum atomic E-state index is -2.42. The average Bonchev–Trinajstić information content (AvgIpc) is 1.63. The molecule has 10 heavy (non-hydrogen) atoms. The fraction of sp³-hybridized carbons (Fsp3) is 1.00. The first kappa shape index (κ1) is 14.4. The van der Waals surface area contributed by atoms with Gasteiger partial charge in [0, 0.05) is 5.25 Å². The normalized spacial score (nSPS) is 16.2. The number of hydrogen-bond donors (Lipinski definition) is 1. The quantitative estimate of drug-likeness (QED) is 0.480. The molecule has 0 aliphatic heterocycles. The smallest absolute Gasteiger partial charge is 0.834 e. The van der Waals surface area contributed by atoms with Gasteiger partial charge in [0.2, 0.25) is 0 Å². The second kappa shape index (κ2) is 7.56. The van der Waals surface area contributed by atoms with E-state index in [0.29, 0.717) is 0 Å². The van der Waals surface area contributed by atoms with E-state index in [1.165, 1.54) is 0 Å². The van der Waals surface area contributed by atoms with Crippen LogP contribution < -0.4 is 9.79 Å². The maximum atomic E-state index is 10.0. The Morgan fingerprint density at radius 1 is 1.40 bits per heavy atom. The van der Waals surface area contributed by atoms with Crippen LogP contribution in [0.15, 0.2) is 0 Å². The van der Waals surface area contributed by atoms with Gasteiger partial charge in [0.25, 0.3) is 0 Å². The first-order chi connectivity index (χ1) is 4.04. The van der Waals surface area contributed by atoms with Gasteiger partial charge >= 0.3 is 37.7 Å². The van der Waals surface area contributed by atoms with Crippen LogP contribution in [0.1, 0.15) is 13.8 Å². The summed E-state index contributed by atoms with van der Waals surface area (Å²) in [5.41, 5.74) is 0. The van der Waals surface area contributed by atoms with E-state index in [0.717, 1.165) is 11.4 Å². The number of rotatable bonds is 3. The molecule has 0 aliphatic carbocycles. The molecule has 0 rings (SSSR count). The van der Waals surface area contributed by atoms with Gasteiger partial charge < -0.3 is 14.9 Å². The molecule has 0 aromatic rings. The predicted molar refractivity (Wildman–Crippen MR) is 41.4 cm³/mol. The molecule has 3 nitrogen and oxygen atoms in total. The summed E-state index contributed by atoms with van der Waals surface area (Å²) in [4.78, 5) is 20.0. The van der Waals surface area contributed by atoms with Crippen molar-refractivity contribution < 1.29 is 14.9 Å². The monoisotopic (exact) mass is 208 g/mol. The predicted octanol–water partition coefficient (Wildman–Crippen LogP) is -0.944. The van der Waals surface area contributed by atoms with Crippen molar-refractivity contribution >= 4 is 56.7 Å². The van der Waals surface area contributed by atoms with Crippen molar-refractivity contribution in [1.29, 1.82) is 0 Å². The maximum Gasteiger partial charge on any atom is 2.00 e. The summed E-state index contributed by atoms with van der Waals surface area (Å²) in [6, 6.07) is 0. The van der Waals surface area contributed by atoms with Crippen molar-refractivity contribution in [3.05, 3.63) is 0 Å². The SMILES string of the molecule is CC(O)C(C)SP([O-])[O-].[Ca+2]. The summed E-state index contributed by atoms with van der Waals surface area (Å²) < 4.78 is 0. The Bertz CT molecular complexity index is 82.9. The van der Waals surface area contributed by atoms with E-state index in [-0.39, 0.29) is 43.0 Å². The van der Waals surface area contributed by atoms with E-state index >= 15 is 0 Å². The fourth-order valence-corrected chi connectivity index (χ4v) is 2.01. The molecule has 0 aliphatic rings. The molecule has 0 heterocycles. The van der Waals surface area contributed by atoms with Crippen LogP contribution in [0.4, 0.5) is 0 Å². The van der Waals surface area contributed by atoms with Gasteiger partial charge in [0.05, 0.1) is 6.10 Å². The maximum absolute atomic E-state index is 10.0. The van der Waals surface area contributed by atoms with Gasteiger partial charge in [-0.15, -0.1) is 0 Å². The molecule has 0 saturated carbocycles. The van der Waals surface area contributed by atoms with Gasteiger partial charge in [0.15, 0.2) is 0 Å². The minimum Gasteiger partial charge on any atom is -0.834 e. The molecular formula is C4H9CaO3PS. The third-order valence-electron chi connectivity index (χ3n) is 0.932. The fourth-order valence-electron chi connectivity index (χ4n) is 0.224. The molecule has 0 radical (unpaired) electrons. The third-order valence-corrected chi connectivity index (χ3v) is 3.34. The van der Waals surface area contributed by atoms with Crippen LogP contribution in [-0.4, -0.2) is 54.2 Å². The van der Waals surface area contributed by atoms with Gasteiger partial charge in [-0.05, 0) is 6.92 Å². The molecule has 0 aromatic heterocycles. The van der Waals surface area contributed by atoms with Crippen LogP contribution in [0.2, 0.25) is 0 Å². The van der Waals surface area contributed by atoms with Crippen molar-refractivity contribution in [2.75, 3.05) is 0 Å². The Balaban J connectivity index is 0. The molecule has 0 amide bonds. The number of aliphatic hydroxyl groups excluding tert-OH is 1. The second-order valence-electron chi connectivity index (χ2n) is 1.77. The van der Waals surface area contributed by atoms with Gasteiger partial charge in [-0.1, -0.05) is 6.92 Å². The largest absolute Gasteiger partial charge is 2.00 e. The Morgan fingerprint density at radius 2 is 1.80 bits per heavy atom. The zero-order chi connectivity index (χ0) is 7.44. The summed E-state index contributed by atoms with van der Waals surface area (Å²) in [5, 5.41) is 8.55. The minimum absolute atomic E-state index is 0. The summed E-state index contributed by atoms with van der Waals surface area (Å²) in [7, 11) is -2.42. The van der Waals surface area contributed by atoms with Crippen LogP contribution in [0.3, 0.4) is 0 Å². The first-order valence-electron chi connectivity index (χ1n) is 2.53. The van der Waals surface area contributed by atoms with E-state index in [9.17, 15) is 9.79 Å². The van der Waals surface area contributed by atoms with Gasteiger partial charge in [-0.25, -0.2) is 7.58 Å². The van der Waals surface area contributed by atoms with Crippen molar-refractivity contribution in [3.8, 4) is 0 Å². The molecular weight excluding hydrogens is 199 g/mol. The average molecular weight is 208 g/mol. The van der Waals surface area contributed by atoms with E-state index in [4.69, 9.17) is 5.11 Å². The molecule has 0 fully saturated rings. The Morgan fingerprint density at radius 3 is 1.90 bits per heavy atom. The molecule has 0 bridgehead atoms. The molecule has 0 spiro atoms. The zero-order valence-electron chi connectivity index (χ0n) is 5.98. The Labute approximate surface area is 95.9 Å². The Hall–Kier alpha value is 1.92. The molecule has 6 heteroatoms. The van der Waals surface area contributed by atoms with E-state index in [2.05, 4.69) is 0 Å². The molecule has 56 valence electrons. The van der Waals surface area contributed by atoms with Gasteiger partial charge in [-0.3, -0.25) is 0 Å². The van der Waals surface area contributed by atoms with Crippen molar-refractivity contribution in [2.24, 2.45) is 0 Å². The van der Waals surface area contributed by atoms with E-state index < -0.39 is 13.7 Å². The van der Waals surface area contributed by atoms with Gasteiger partial charge in [-0.2, -0.15) is 11.4 Å². The van der Waals surface area contributed by atoms with E-state index in [1.807, 2.05) is 0 Å². The third kappa shape index (κ3) is 8.02. The zero-order valence-corrected chi connectivity index (χ0v) is 9.90. The molecule has 0 saturated heterocycles. The number of aliphatic hydroxyl groups is 1. The van der Waals surface area contributed by atoms with Crippen LogP contribution >= 0.6 is 19.0 Å². The van der Waals surface area contributed by atoms with Gasteiger partial charge in [0.1, 0.15) is 0 Å². The summed E-state index contributed by atoms with van der Waals surface area (Å²) in [6.07, 6.45) is -0.567. The van der Waals surface area contributed by atoms with Crippen LogP contribution in [0, 0.1) is 0 Å². The summed E-state index contributed by atoms with van der Waals surface area (Å²) >= 11 is 0.766. The standard InChI is InChI=1S/C4H9O3PS.Ca/c1-3(5)4(2)9-8(6)7;/h3-5H,1-2H3;/q-2;+2. The first-order valence-corrected chi connectivity index (χ1v) is 5.19. The molecule has 0 aromatic carbocycles. The van der Waals surface area contributed by atoms with Crippen LogP contribution in [0.5, 0.6) is 0 Å². The molecule has 2 atom stereocenters. The Kier molecular flexibility index (Phi) is 10.9. The summed E-state index contributed by atoms with van der Waals surface area (Å²) in [6.45, 7) is 3.23. The molecule has 1 N–H and O–H groups in total. The van der Waals surface area contributed by atoms with E-state index in [1.54, 1.807) is 13.8 Å². The van der Waals surface area contributed by atoms with Crippen molar-refractivity contribution in [1.82, 2.24) is 0 Å². The summed E-state index contributed by atoms with van der Waals surface area (Å²) in [5.74, 6) is 0. The number of hydrogen-bond acceptors (Lipinski definition) is 4. The van der Waals surface area contributed by atoms with Crippen LogP contribution in [-0.2, 0) is 0 Å².